The molecule has 0 radical (unpaired) electrons. The third kappa shape index (κ3) is 4.81. The Balaban J connectivity index is 1.85. The summed E-state index contributed by atoms with van der Waals surface area (Å²) in [6.07, 6.45) is -1.47. The van der Waals surface area contributed by atoms with Gasteiger partial charge < -0.3 is 10.6 Å². The van der Waals surface area contributed by atoms with Gasteiger partial charge >= 0.3 is 6.18 Å². The van der Waals surface area contributed by atoms with E-state index in [1.807, 2.05) is 0 Å². The summed E-state index contributed by atoms with van der Waals surface area (Å²) < 4.78 is 38.5. The summed E-state index contributed by atoms with van der Waals surface area (Å²) >= 11 is 0. The first kappa shape index (κ1) is 18.4. The molecule has 0 aliphatic heterocycles. The van der Waals surface area contributed by atoms with E-state index in [4.69, 9.17) is 0 Å². The van der Waals surface area contributed by atoms with E-state index in [-0.39, 0.29) is 11.6 Å². The summed E-state index contributed by atoms with van der Waals surface area (Å²) in [5.41, 5.74) is 1.33. The molecule has 5 nitrogen and oxygen atoms in total. The highest BCUT2D eigenvalue weighted by Gasteiger charge is 2.30. The number of nitrogens with zero attached hydrogens (tertiary/aromatic N) is 2. The molecule has 138 valence electrons. The van der Waals surface area contributed by atoms with Crippen molar-refractivity contribution >= 4 is 23.1 Å². The Morgan fingerprint density at radius 1 is 1.00 bits per heavy atom. The lowest BCUT2D eigenvalue weighted by Gasteiger charge is -2.11. The van der Waals surface area contributed by atoms with Crippen LogP contribution in [-0.4, -0.2) is 15.9 Å². The average Bonchev–Trinajstić information content (AvgIpc) is 2.61. The summed E-state index contributed by atoms with van der Waals surface area (Å²) in [6.45, 7) is 1.41. The van der Waals surface area contributed by atoms with E-state index in [2.05, 4.69) is 20.6 Å². The quantitative estimate of drug-likeness (QED) is 0.686. The highest BCUT2D eigenvalue weighted by molar-refractivity contribution is 5.89. The van der Waals surface area contributed by atoms with Crippen LogP contribution in [-0.2, 0) is 11.0 Å². The molecule has 1 heterocycles. The molecule has 2 N–H and O–H groups in total. The third-order valence-electron chi connectivity index (χ3n) is 3.58. The summed E-state index contributed by atoms with van der Waals surface area (Å²) in [7, 11) is 0. The molecule has 3 rings (SSSR count). The summed E-state index contributed by atoms with van der Waals surface area (Å²) in [5, 5.41) is 5.51. The molecule has 0 unspecified atom stereocenters. The predicted octanol–water partition coefficient (Wildman–Crippen LogP) is 4.86. The normalized spacial score (nSPS) is 11.1. The highest BCUT2D eigenvalue weighted by atomic mass is 19.4. The summed E-state index contributed by atoms with van der Waals surface area (Å²) in [4.78, 5) is 19.7. The second-order valence-electron chi connectivity index (χ2n) is 5.76. The van der Waals surface area contributed by atoms with Crippen molar-refractivity contribution in [2.45, 2.75) is 13.1 Å². The summed E-state index contributed by atoms with van der Waals surface area (Å²) in [5.74, 6) is 0.106. The molecule has 1 amide bonds. The first-order chi connectivity index (χ1) is 12.8. The fraction of sp³-hybridized carbons (Fsp3) is 0.105. The van der Waals surface area contributed by atoms with Gasteiger partial charge in [-0.3, -0.25) is 9.78 Å². The molecule has 0 saturated carbocycles. The van der Waals surface area contributed by atoms with Crippen molar-refractivity contribution in [1.82, 2.24) is 9.97 Å². The minimum Gasteiger partial charge on any atom is -0.339 e. The van der Waals surface area contributed by atoms with E-state index < -0.39 is 11.7 Å². The standard InChI is InChI=1S/C19H15F3N4O/c1-12(27)24-15-6-2-4-13(8-15)17-10-23-11-18(26-17)25-16-7-3-5-14(9-16)19(20,21)22/h2-11H,1H3,(H,24,27)(H,25,26). The number of anilines is 3. The van der Waals surface area contributed by atoms with Crippen LogP contribution in [0.4, 0.5) is 30.4 Å². The number of carbonyl (C=O) groups excluding carboxylic acids is 1. The van der Waals surface area contributed by atoms with Crippen LogP contribution in [0.2, 0.25) is 0 Å². The molecule has 0 aliphatic rings. The van der Waals surface area contributed by atoms with Gasteiger partial charge in [-0.2, -0.15) is 13.2 Å². The van der Waals surface area contributed by atoms with Gasteiger partial charge in [0.1, 0.15) is 5.82 Å². The molecule has 0 saturated heterocycles. The Kier molecular flexibility index (Phi) is 5.07. The van der Waals surface area contributed by atoms with Gasteiger partial charge in [0, 0.05) is 23.9 Å². The first-order valence-corrected chi connectivity index (χ1v) is 7.95. The Morgan fingerprint density at radius 3 is 2.48 bits per heavy atom. The highest BCUT2D eigenvalue weighted by Crippen LogP contribution is 2.31. The van der Waals surface area contributed by atoms with Crippen LogP contribution in [0.25, 0.3) is 11.3 Å². The second kappa shape index (κ2) is 7.45. The molecule has 3 aromatic rings. The minimum absolute atomic E-state index is 0.196. The number of amides is 1. The van der Waals surface area contributed by atoms with Gasteiger partial charge in [0.15, 0.2) is 0 Å². The van der Waals surface area contributed by atoms with Gasteiger partial charge in [0.05, 0.1) is 23.7 Å². The van der Waals surface area contributed by atoms with Crippen LogP contribution in [0.5, 0.6) is 0 Å². The van der Waals surface area contributed by atoms with Crippen molar-refractivity contribution in [3.8, 4) is 11.3 Å². The molecule has 0 aliphatic carbocycles. The van der Waals surface area contributed by atoms with Crippen molar-refractivity contribution in [2.75, 3.05) is 10.6 Å². The van der Waals surface area contributed by atoms with Gasteiger partial charge in [-0.15, -0.1) is 0 Å². The maximum atomic E-state index is 12.8. The fourth-order valence-electron chi connectivity index (χ4n) is 2.45. The van der Waals surface area contributed by atoms with Gasteiger partial charge in [0.25, 0.3) is 0 Å². The average molecular weight is 372 g/mol. The third-order valence-corrected chi connectivity index (χ3v) is 3.58. The Labute approximate surface area is 153 Å². The van der Waals surface area contributed by atoms with Gasteiger partial charge in [-0.25, -0.2) is 4.98 Å². The maximum absolute atomic E-state index is 12.8. The van der Waals surface area contributed by atoms with Crippen LogP contribution in [0.3, 0.4) is 0 Å². The first-order valence-electron chi connectivity index (χ1n) is 7.95. The van der Waals surface area contributed by atoms with Crippen molar-refractivity contribution in [1.29, 1.82) is 0 Å². The maximum Gasteiger partial charge on any atom is 0.416 e. The molecule has 27 heavy (non-hydrogen) atoms. The molecular weight excluding hydrogens is 357 g/mol. The van der Waals surface area contributed by atoms with E-state index >= 15 is 0 Å². The number of benzene rings is 2. The molecule has 1 aromatic heterocycles. The molecule has 0 atom stereocenters. The molecule has 8 heteroatoms. The zero-order valence-corrected chi connectivity index (χ0v) is 14.2. The monoisotopic (exact) mass is 372 g/mol. The zero-order valence-electron chi connectivity index (χ0n) is 14.2. The van der Waals surface area contributed by atoms with E-state index in [0.717, 1.165) is 12.1 Å². The Morgan fingerprint density at radius 2 is 1.74 bits per heavy atom. The molecule has 0 spiro atoms. The molecular formula is C19H15F3N4O. The second-order valence-corrected chi connectivity index (χ2v) is 5.76. The van der Waals surface area contributed by atoms with Crippen LogP contribution in [0, 0.1) is 0 Å². The van der Waals surface area contributed by atoms with Crippen molar-refractivity contribution < 1.29 is 18.0 Å². The Hall–Kier alpha value is -3.42. The van der Waals surface area contributed by atoms with Crippen LogP contribution in [0.1, 0.15) is 12.5 Å². The SMILES string of the molecule is CC(=O)Nc1cccc(-c2cncc(Nc3cccc(C(F)(F)F)c3)n2)c1. The van der Waals surface area contributed by atoms with Gasteiger partial charge in [-0.1, -0.05) is 18.2 Å². The Bertz CT molecular complexity index is 973. The van der Waals surface area contributed by atoms with Crippen LogP contribution >= 0.6 is 0 Å². The number of rotatable bonds is 4. The number of carbonyl (C=O) groups is 1. The number of alkyl halides is 3. The lowest BCUT2D eigenvalue weighted by molar-refractivity contribution is -0.137. The number of hydrogen-bond acceptors (Lipinski definition) is 4. The largest absolute Gasteiger partial charge is 0.416 e. The lowest BCUT2D eigenvalue weighted by atomic mass is 10.1. The number of nitrogens with one attached hydrogen (secondary N) is 2. The van der Waals surface area contributed by atoms with Gasteiger partial charge in [-0.05, 0) is 30.3 Å². The van der Waals surface area contributed by atoms with Crippen molar-refractivity contribution in [2.24, 2.45) is 0 Å². The lowest BCUT2D eigenvalue weighted by Crippen LogP contribution is -2.06. The van der Waals surface area contributed by atoms with E-state index in [1.165, 1.54) is 31.5 Å². The predicted molar refractivity (Wildman–Crippen MR) is 96.5 cm³/mol. The fourth-order valence-corrected chi connectivity index (χ4v) is 2.45. The van der Waals surface area contributed by atoms with E-state index in [9.17, 15) is 18.0 Å². The topological polar surface area (TPSA) is 66.9 Å². The van der Waals surface area contributed by atoms with Crippen molar-refractivity contribution in [3.05, 3.63) is 66.5 Å². The number of hydrogen-bond donors (Lipinski definition) is 2. The zero-order chi connectivity index (χ0) is 19.4. The van der Waals surface area contributed by atoms with E-state index in [0.29, 0.717) is 22.8 Å². The van der Waals surface area contributed by atoms with Crippen LogP contribution in [0.15, 0.2) is 60.9 Å². The van der Waals surface area contributed by atoms with Gasteiger partial charge in [0.2, 0.25) is 5.91 Å². The smallest absolute Gasteiger partial charge is 0.339 e. The number of halogens is 3. The van der Waals surface area contributed by atoms with Crippen LogP contribution < -0.4 is 10.6 Å². The molecule has 2 aromatic carbocycles. The number of aromatic nitrogens is 2. The molecule has 0 bridgehead atoms. The van der Waals surface area contributed by atoms with E-state index in [1.54, 1.807) is 24.3 Å². The van der Waals surface area contributed by atoms with Crippen molar-refractivity contribution in [3.63, 3.8) is 0 Å². The molecule has 0 fully saturated rings. The summed E-state index contributed by atoms with van der Waals surface area (Å²) in [6, 6.07) is 11.9. The minimum atomic E-state index is -4.42.